The van der Waals surface area contributed by atoms with E-state index >= 15 is 0 Å². The van der Waals surface area contributed by atoms with Crippen molar-refractivity contribution < 1.29 is 18.8 Å². The molecule has 142 valence electrons. The number of thiophene rings is 1. The standard InChI is InChI=1S/C19H21N3O4S/c1-11(2)16(20-18(23)15-6-5-9-27-15)19-21-17(22-26-19)12-7-8-13(24-3)14(10-12)25-4/h5-11,16H,1-4H3,(H,20,23)/t16-/m1/s1. The zero-order valence-corrected chi connectivity index (χ0v) is 16.4. The summed E-state index contributed by atoms with van der Waals surface area (Å²) in [6.07, 6.45) is 0. The Kier molecular flexibility index (Phi) is 5.75. The summed E-state index contributed by atoms with van der Waals surface area (Å²) in [7, 11) is 3.14. The van der Waals surface area contributed by atoms with Gasteiger partial charge in [-0.15, -0.1) is 11.3 Å². The maximum absolute atomic E-state index is 12.4. The number of hydrogen-bond donors (Lipinski definition) is 1. The van der Waals surface area contributed by atoms with E-state index in [1.165, 1.54) is 11.3 Å². The number of methoxy groups -OCH3 is 2. The Balaban J connectivity index is 1.85. The smallest absolute Gasteiger partial charge is 0.262 e. The first-order valence-electron chi connectivity index (χ1n) is 8.43. The molecule has 0 fully saturated rings. The quantitative estimate of drug-likeness (QED) is 0.661. The molecule has 7 nitrogen and oxygen atoms in total. The Hall–Kier alpha value is -2.87. The number of nitrogens with zero attached hydrogens (tertiary/aromatic N) is 2. The van der Waals surface area contributed by atoms with E-state index in [1.807, 2.05) is 31.4 Å². The van der Waals surface area contributed by atoms with Crippen LogP contribution in [0.3, 0.4) is 0 Å². The number of carbonyl (C=O) groups excluding carboxylic acids is 1. The number of nitrogens with one attached hydrogen (secondary N) is 1. The number of amides is 1. The van der Waals surface area contributed by atoms with Gasteiger partial charge in [-0.2, -0.15) is 4.98 Å². The maximum atomic E-state index is 12.4. The van der Waals surface area contributed by atoms with Crippen LogP contribution >= 0.6 is 11.3 Å². The van der Waals surface area contributed by atoms with Gasteiger partial charge in [-0.3, -0.25) is 4.79 Å². The van der Waals surface area contributed by atoms with Crippen LogP contribution in [0.1, 0.15) is 35.5 Å². The van der Waals surface area contributed by atoms with Gasteiger partial charge in [-0.05, 0) is 35.6 Å². The molecule has 0 aliphatic heterocycles. The third-order valence-corrected chi connectivity index (χ3v) is 4.92. The van der Waals surface area contributed by atoms with Crippen LogP contribution in [0.25, 0.3) is 11.4 Å². The maximum Gasteiger partial charge on any atom is 0.262 e. The summed E-state index contributed by atoms with van der Waals surface area (Å²) in [5.74, 6) is 1.89. The van der Waals surface area contributed by atoms with E-state index in [0.29, 0.717) is 28.1 Å². The van der Waals surface area contributed by atoms with Crippen LogP contribution in [0.4, 0.5) is 0 Å². The molecule has 0 unspecified atom stereocenters. The molecule has 0 radical (unpaired) electrons. The number of aromatic nitrogens is 2. The van der Waals surface area contributed by atoms with Crippen molar-refractivity contribution in [2.75, 3.05) is 14.2 Å². The predicted octanol–water partition coefficient (Wildman–Crippen LogP) is 3.94. The third kappa shape index (κ3) is 4.11. The molecule has 1 aromatic carbocycles. The highest BCUT2D eigenvalue weighted by Crippen LogP contribution is 2.32. The molecule has 2 aromatic heterocycles. The van der Waals surface area contributed by atoms with Gasteiger partial charge in [0, 0.05) is 5.56 Å². The summed E-state index contributed by atoms with van der Waals surface area (Å²) in [5, 5.41) is 8.89. The van der Waals surface area contributed by atoms with Crippen molar-refractivity contribution in [1.29, 1.82) is 0 Å². The molecule has 8 heteroatoms. The lowest BCUT2D eigenvalue weighted by molar-refractivity contribution is 0.0918. The molecule has 0 bridgehead atoms. The van der Waals surface area contributed by atoms with Crippen LogP contribution in [0.2, 0.25) is 0 Å². The summed E-state index contributed by atoms with van der Waals surface area (Å²) < 4.78 is 16.0. The molecule has 3 rings (SSSR count). The number of rotatable bonds is 7. The lowest BCUT2D eigenvalue weighted by Crippen LogP contribution is -2.31. The Labute approximate surface area is 161 Å². The highest BCUT2D eigenvalue weighted by atomic mass is 32.1. The van der Waals surface area contributed by atoms with Gasteiger partial charge in [0.15, 0.2) is 11.5 Å². The molecule has 27 heavy (non-hydrogen) atoms. The van der Waals surface area contributed by atoms with Crippen LogP contribution in [0.5, 0.6) is 11.5 Å². The zero-order chi connectivity index (χ0) is 19.4. The first kappa shape index (κ1) is 18.9. The van der Waals surface area contributed by atoms with Gasteiger partial charge < -0.3 is 19.3 Å². The molecule has 0 spiro atoms. The van der Waals surface area contributed by atoms with E-state index < -0.39 is 0 Å². The second-order valence-corrected chi connectivity index (χ2v) is 7.15. The van der Waals surface area contributed by atoms with Crippen LogP contribution < -0.4 is 14.8 Å². The van der Waals surface area contributed by atoms with Gasteiger partial charge in [0.05, 0.1) is 19.1 Å². The van der Waals surface area contributed by atoms with Gasteiger partial charge in [0.25, 0.3) is 5.91 Å². The zero-order valence-electron chi connectivity index (χ0n) is 15.6. The van der Waals surface area contributed by atoms with Crippen LogP contribution in [0.15, 0.2) is 40.2 Å². The van der Waals surface area contributed by atoms with Crippen molar-refractivity contribution in [2.24, 2.45) is 5.92 Å². The minimum atomic E-state index is -0.388. The SMILES string of the molecule is COc1ccc(-c2noc([C@H](NC(=O)c3cccs3)C(C)C)n2)cc1OC. The van der Waals surface area contributed by atoms with E-state index in [0.717, 1.165) is 5.56 Å². The van der Waals surface area contributed by atoms with E-state index in [-0.39, 0.29) is 17.9 Å². The van der Waals surface area contributed by atoms with E-state index in [9.17, 15) is 4.79 Å². The van der Waals surface area contributed by atoms with Crippen LogP contribution in [-0.2, 0) is 0 Å². The Bertz CT molecular complexity index is 906. The average Bonchev–Trinajstić information content (AvgIpc) is 3.37. The van der Waals surface area contributed by atoms with Gasteiger partial charge in [0.1, 0.15) is 6.04 Å². The summed E-state index contributed by atoms with van der Waals surface area (Å²) in [6.45, 7) is 3.97. The Morgan fingerprint density at radius 3 is 2.59 bits per heavy atom. The van der Waals surface area contributed by atoms with Crippen molar-refractivity contribution in [1.82, 2.24) is 15.5 Å². The van der Waals surface area contributed by atoms with E-state index in [2.05, 4.69) is 15.5 Å². The average molecular weight is 387 g/mol. The molecular formula is C19H21N3O4S. The molecule has 0 saturated heterocycles. The highest BCUT2D eigenvalue weighted by Gasteiger charge is 2.26. The number of ether oxygens (including phenoxy) is 2. The Morgan fingerprint density at radius 2 is 1.96 bits per heavy atom. The lowest BCUT2D eigenvalue weighted by Gasteiger charge is -2.17. The van der Waals surface area contributed by atoms with Crippen molar-refractivity contribution in [3.8, 4) is 22.9 Å². The number of benzene rings is 1. The topological polar surface area (TPSA) is 86.5 Å². The molecule has 0 saturated carbocycles. The molecule has 3 aromatic rings. The van der Waals surface area contributed by atoms with Crippen LogP contribution in [-0.4, -0.2) is 30.3 Å². The summed E-state index contributed by atoms with van der Waals surface area (Å²) >= 11 is 1.39. The van der Waals surface area contributed by atoms with Crippen molar-refractivity contribution >= 4 is 17.2 Å². The fraction of sp³-hybridized carbons (Fsp3) is 0.316. The monoisotopic (exact) mass is 387 g/mol. The largest absolute Gasteiger partial charge is 0.493 e. The van der Waals surface area contributed by atoms with Crippen molar-refractivity contribution in [2.45, 2.75) is 19.9 Å². The lowest BCUT2D eigenvalue weighted by atomic mass is 10.0. The molecule has 0 aliphatic rings. The Morgan fingerprint density at radius 1 is 1.19 bits per heavy atom. The second-order valence-electron chi connectivity index (χ2n) is 6.20. The minimum absolute atomic E-state index is 0.0765. The second kappa shape index (κ2) is 8.22. The molecule has 1 amide bonds. The van der Waals surface area contributed by atoms with Gasteiger partial charge in [-0.1, -0.05) is 25.1 Å². The molecule has 1 N–H and O–H groups in total. The van der Waals surface area contributed by atoms with Gasteiger partial charge >= 0.3 is 0 Å². The minimum Gasteiger partial charge on any atom is -0.493 e. The molecule has 0 aliphatic carbocycles. The third-order valence-electron chi connectivity index (χ3n) is 4.05. The fourth-order valence-electron chi connectivity index (χ4n) is 2.59. The van der Waals surface area contributed by atoms with Crippen molar-refractivity contribution in [3.63, 3.8) is 0 Å². The van der Waals surface area contributed by atoms with Gasteiger partial charge in [0.2, 0.25) is 11.7 Å². The summed E-state index contributed by atoms with van der Waals surface area (Å²) in [6, 6.07) is 8.61. The molecule has 2 heterocycles. The number of hydrogen-bond acceptors (Lipinski definition) is 7. The van der Waals surface area contributed by atoms with Gasteiger partial charge in [-0.25, -0.2) is 0 Å². The summed E-state index contributed by atoms with van der Waals surface area (Å²) in [4.78, 5) is 17.5. The van der Waals surface area contributed by atoms with Crippen molar-refractivity contribution in [3.05, 3.63) is 46.5 Å². The van der Waals surface area contributed by atoms with Crippen LogP contribution in [0, 0.1) is 5.92 Å². The molecule has 1 atom stereocenters. The normalized spacial score (nSPS) is 12.0. The highest BCUT2D eigenvalue weighted by molar-refractivity contribution is 7.12. The fourth-order valence-corrected chi connectivity index (χ4v) is 3.21. The first-order valence-corrected chi connectivity index (χ1v) is 9.31. The van der Waals surface area contributed by atoms with E-state index in [1.54, 1.807) is 32.4 Å². The predicted molar refractivity (Wildman–Crippen MR) is 102 cm³/mol. The summed E-state index contributed by atoms with van der Waals surface area (Å²) in [5.41, 5.74) is 0.731. The first-order chi connectivity index (χ1) is 13.0. The molecular weight excluding hydrogens is 366 g/mol. The van der Waals surface area contributed by atoms with E-state index in [4.69, 9.17) is 14.0 Å². The number of carbonyl (C=O) groups is 1.